The van der Waals surface area contributed by atoms with Gasteiger partial charge in [-0.2, -0.15) is 8.78 Å². The molecule has 0 aliphatic rings. The molecule has 0 spiro atoms. The van der Waals surface area contributed by atoms with Crippen molar-refractivity contribution in [1.82, 2.24) is 4.98 Å². The molecule has 5 heteroatoms. The van der Waals surface area contributed by atoms with Crippen molar-refractivity contribution in [2.75, 3.05) is 0 Å². The number of aromatic nitrogens is 1. The highest BCUT2D eigenvalue weighted by molar-refractivity contribution is 5.85. The molecule has 0 atom stereocenters. The Morgan fingerprint density at radius 1 is 1.33 bits per heavy atom. The summed E-state index contributed by atoms with van der Waals surface area (Å²) in [7, 11) is 0. The average molecular weight is 211 g/mol. The van der Waals surface area contributed by atoms with Crippen molar-refractivity contribution in [2.45, 2.75) is 6.61 Å². The summed E-state index contributed by atoms with van der Waals surface area (Å²) in [6, 6.07) is 5.81. The minimum atomic E-state index is -2.90. The summed E-state index contributed by atoms with van der Waals surface area (Å²) >= 11 is 0. The van der Waals surface area contributed by atoms with Crippen molar-refractivity contribution < 1.29 is 18.6 Å². The molecule has 0 aliphatic carbocycles. The molecule has 0 saturated carbocycles. The fraction of sp³-hybridized carbons (Fsp3) is 0.100. The number of benzene rings is 1. The van der Waals surface area contributed by atoms with Crippen LogP contribution in [0.3, 0.4) is 0 Å². The van der Waals surface area contributed by atoms with Gasteiger partial charge in [0, 0.05) is 17.6 Å². The summed E-state index contributed by atoms with van der Waals surface area (Å²) in [5.41, 5.74) is 0.360. The quantitative estimate of drug-likeness (QED) is 0.829. The Bertz CT molecular complexity index is 488. The number of ether oxygens (including phenoxy) is 1. The summed E-state index contributed by atoms with van der Waals surface area (Å²) in [6.07, 6.45) is 1.51. The largest absolute Gasteiger partial charge is 0.506 e. The Kier molecular flexibility index (Phi) is 2.37. The van der Waals surface area contributed by atoms with E-state index in [2.05, 4.69) is 9.72 Å². The van der Waals surface area contributed by atoms with E-state index < -0.39 is 6.61 Å². The van der Waals surface area contributed by atoms with Gasteiger partial charge < -0.3 is 9.84 Å². The van der Waals surface area contributed by atoms with Gasteiger partial charge in [0.15, 0.2) is 0 Å². The molecule has 2 rings (SSSR count). The summed E-state index contributed by atoms with van der Waals surface area (Å²) in [6.45, 7) is -2.90. The minimum absolute atomic E-state index is 0.0806. The number of halogens is 2. The standard InChI is InChI=1S/C10H7F2NO2/c11-10(12)15-7-4-6-2-1-3-13-9(6)8(14)5-7/h1-5,10,14H. The van der Waals surface area contributed by atoms with Crippen LogP contribution in [0.5, 0.6) is 11.5 Å². The molecule has 1 N–H and O–H groups in total. The van der Waals surface area contributed by atoms with Crippen LogP contribution in [0.2, 0.25) is 0 Å². The topological polar surface area (TPSA) is 42.4 Å². The molecule has 0 bridgehead atoms. The molecule has 0 amide bonds. The lowest BCUT2D eigenvalue weighted by Crippen LogP contribution is -2.01. The lowest BCUT2D eigenvalue weighted by Gasteiger charge is -2.06. The average Bonchev–Trinajstić information content (AvgIpc) is 2.16. The van der Waals surface area contributed by atoms with Crippen molar-refractivity contribution in [2.24, 2.45) is 0 Å². The summed E-state index contributed by atoms with van der Waals surface area (Å²) in [5, 5.41) is 10.0. The van der Waals surface area contributed by atoms with Gasteiger partial charge in [-0.1, -0.05) is 6.07 Å². The van der Waals surface area contributed by atoms with Crippen molar-refractivity contribution in [3.63, 3.8) is 0 Å². The van der Waals surface area contributed by atoms with E-state index in [-0.39, 0.29) is 11.5 Å². The van der Waals surface area contributed by atoms with E-state index in [4.69, 9.17) is 0 Å². The van der Waals surface area contributed by atoms with Crippen molar-refractivity contribution in [3.05, 3.63) is 30.5 Å². The first-order valence-corrected chi connectivity index (χ1v) is 4.19. The SMILES string of the molecule is Oc1cc(OC(F)F)cc2cccnc12. The van der Waals surface area contributed by atoms with Gasteiger partial charge in [-0.15, -0.1) is 0 Å². The first kappa shape index (κ1) is 9.64. The smallest absolute Gasteiger partial charge is 0.387 e. The van der Waals surface area contributed by atoms with Crippen LogP contribution in [0.25, 0.3) is 10.9 Å². The third-order valence-corrected chi connectivity index (χ3v) is 1.88. The second kappa shape index (κ2) is 3.68. The Morgan fingerprint density at radius 2 is 2.13 bits per heavy atom. The number of nitrogens with zero attached hydrogens (tertiary/aromatic N) is 1. The Morgan fingerprint density at radius 3 is 2.87 bits per heavy atom. The van der Waals surface area contributed by atoms with E-state index in [9.17, 15) is 13.9 Å². The molecular formula is C10H7F2NO2. The predicted molar refractivity (Wildman–Crippen MR) is 50.0 cm³/mol. The van der Waals surface area contributed by atoms with Crippen molar-refractivity contribution >= 4 is 10.9 Å². The lowest BCUT2D eigenvalue weighted by atomic mass is 10.2. The Labute approximate surface area is 83.9 Å². The molecule has 0 saturated heterocycles. The predicted octanol–water partition coefficient (Wildman–Crippen LogP) is 2.54. The summed E-state index contributed by atoms with van der Waals surface area (Å²) in [4.78, 5) is 3.91. The van der Waals surface area contributed by atoms with Crippen LogP contribution < -0.4 is 4.74 Å². The van der Waals surface area contributed by atoms with Crippen LogP contribution in [0.15, 0.2) is 30.5 Å². The summed E-state index contributed by atoms with van der Waals surface area (Å²) < 4.78 is 28.0. The number of hydrogen-bond donors (Lipinski definition) is 1. The molecule has 3 nitrogen and oxygen atoms in total. The third kappa shape index (κ3) is 1.96. The molecule has 1 aromatic heterocycles. The van der Waals surface area contributed by atoms with E-state index in [0.717, 1.165) is 6.07 Å². The van der Waals surface area contributed by atoms with Crippen LogP contribution in [-0.2, 0) is 0 Å². The number of phenols is 1. The zero-order valence-electron chi connectivity index (χ0n) is 7.52. The maximum absolute atomic E-state index is 11.9. The van der Waals surface area contributed by atoms with Crippen LogP contribution >= 0.6 is 0 Å². The van der Waals surface area contributed by atoms with E-state index >= 15 is 0 Å². The van der Waals surface area contributed by atoms with Gasteiger partial charge in [-0.25, -0.2) is 0 Å². The molecular weight excluding hydrogens is 204 g/mol. The third-order valence-electron chi connectivity index (χ3n) is 1.88. The van der Waals surface area contributed by atoms with Crippen molar-refractivity contribution in [1.29, 1.82) is 0 Å². The van der Waals surface area contributed by atoms with Gasteiger partial charge in [0.05, 0.1) is 0 Å². The highest BCUT2D eigenvalue weighted by atomic mass is 19.3. The molecule has 15 heavy (non-hydrogen) atoms. The minimum Gasteiger partial charge on any atom is -0.506 e. The fourth-order valence-corrected chi connectivity index (χ4v) is 1.32. The molecule has 0 unspecified atom stereocenters. The number of alkyl halides is 2. The maximum Gasteiger partial charge on any atom is 0.387 e. The fourth-order valence-electron chi connectivity index (χ4n) is 1.32. The number of pyridine rings is 1. The number of phenolic OH excluding ortho intramolecular Hbond substituents is 1. The molecule has 1 heterocycles. The van der Waals surface area contributed by atoms with Gasteiger partial charge >= 0.3 is 6.61 Å². The Balaban J connectivity index is 2.52. The maximum atomic E-state index is 11.9. The summed E-state index contributed by atoms with van der Waals surface area (Å²) in [5.74, 6) is -0.258. The number of fused-ring (bicyclic) bond motifs is 1. The monoisotopic (exact) mass is 211 g/mol. The van der Waals surface area contributed by atoms with Gasteiger partial charge in [0.1, 0.15) is 17.0 Å². The van der Waals surface area contributed by atoms with Gasteiger partial charge in [-0.3, -0.25) is 4.98 Å². The second-order valence-corrected chi connectivity index (χ2v) is 2.90. The van der Waals surface area contributed by atoms with Crippen LogP contribution in [0.1, 0.15) is 0 Å². The van der Waals surface area contributed by atoms with Crippen LogP contribution in [0, 0.1) is 0 Å². The molecule has 0 fully saturated rings. The Hall–Kier alpha value is -1.91. The number of aromatic hydroxyl groups is 1. The normalized spacial score (nSPS) is 10.9. The van der Waals surface area contributed by atoms with Gasteiger partial charge in [0.25, 0.3) is 0 Å². The van der Waals surface area contributed by atoms with E-state index in [0.29, 0.717) is 10.9 Å². The lowest BCUT2D eigenvalue weighted by molar-refractivity contribution is -0.0498. The highest BCUT2D eigenvalue weighted by Gasteiger charge is 2.08. The van der Waals surface area contributed by atoms with Gasteiger partial charge in [0.2, 0.25) is 0 Å². The number of rotatable bonds is 2. The number of hydrogen-bond acceptors (Lipinski definition) is 3. The first-order chi connectivity index (χ1) is 7.16. The first-order valence-electron chi connectivity index (χ1n) is 4.19. The van der Waals surface area contributed by atoms with Gasteiger partial charge in [-0.05, 0) is 12.1 Å². The van der Waals surface area contributed by atoms with Crippen LogP contribution in [0.4, 0.5) is 8.78 Å². The molecule has 78 valence electrons. The van der Waals surface area contributed by atoms with E-state index in [1.807, 2.05) is 0 Å². The zero-order chi connectivity index (χ0) is 10.8. The molecule has 0 radical (unpaired) electrons. The second-order valence-electron chi connectivity index (χ2n) is 2.90. The molecule has 0 aliphatic heterocycles. The molecule has 1 aromatic carbocycles. The van der Waals surface area contributed by atoms with E-state index in [1.54, 1.807) is 12.1 Å². The van der Waals surface area contributed by atoms with Crippen molar-refractivity contribution in [3.8, 4) is 11.5 Å². The zero-order valence-corrected chi connectivity index (χ0v) is 7.52. The highest BCUT2D eigenvalue weighted by Crippen LogP contribution is 2.29. The van der Waals surface area contributed by atoms with E-state index in [1.165, 1.54) is 12.3 Å². The molecule has 2 aromatic rings. The van der Waals surface area contributed by atoms with Crippen LogP contribution in [-0.4, -0.2) is 16.7 Å².